The summed E-state index contributed by atoms with van der Waals surface area (Å²) in [5.41, 5.74) is 2.51. The van der Waals surface area contributed by atoms with E-state index in [2.05, 4.69) is 63.0 Å². The zero-order valence-electron chi connectivity index (χ0n) is 14.6. The molecule has 1 amide bonds. The first-order valence-electron chi connectivity index (χ1n) is 8.05. The van der Waals surface area contributed by atoms with Crippen LogP contribution in [0.1, 0.15) is 45.7 Å². The van der Waals surface area contributed by atoms with Crippen LogP contribution < -0.4 is 5.32 Å². The highest BCUT2D eigenvalue weighted by Gasteiger charge is 2.13. The Balaban J connectivity index is 2.57. The molecule has 1 N–H and O–H groups in total. The molecule has 0 atom stereocenters. The van der Waals surface area contributed by atoms with Crippen molar-refractivity contribution < 1.29 is 4.79 Å². The van der Waals surface area contributed by atoms with Gasteiger partial charge >= 0.3 is 0 Å². The van der Waals surface area contributed by atoms with Crippen molar-refractivity contribution in [3.05, 3.63) is 35.4 Å². The van der Waals surface area contributed by atoms with Crippen molar-refractivity contribution in [1.29, 1.82) is 0 Å². The summed E-state index contributed by atoms with van der Waals surface area (Å²) < 4.78 is 0.123. The third-order valence-electron chi connectivity index (χ3n) is 3.52. The van der Waals surface area contributed by atoms with Gasteiger partial charge in [-0.05, 0) is 24.2 Å². The van der Waals surface area contributed by atoms with Gasteiger partial charge in [-0.3, -0.25) is 9.69 Å². The second kappa shape index (κ2) is 9.21. The van der Waals surface area contributed by atoms with E-state index in [1.165, 1.54) is 11.1 Å². The molecule has 0 aliphatic carbocycles. The highest BCUT2D eigenvalue weighted by Crippen LogP contribution is 2.22. The van der Waals surface area contributed by atoms with Gasteiger partial charge in [-0.1, -0.05) is 58.9 Å². The first kappa shape index (κ1) is 19.0. The predicted molar refractivity (Wildman–Crippen MR) is 97.1 cm³/mol. The van der Waals surface area contributed by atoms with E-state index in [9.17, 15) is 4.79 Å². The Morgan fingerprint density at radius 2 is 1.73 bits per heavy atom. The Hall–Kier alpha value is -1.000. The summed E-state index contributed by atoms with van der Waals surface area (Å²) in [4.78, 5) is 14.4. The van der Waals surface area contributed by atoms with Gasteiger partial charge in [0, 0.05) is 17.8 Å². The average molecular weight is 323 g/mol. The van der Waals surface area contributed by atoms with Crippen LogP contribution >= 0.6 is 11.8 Å². The monoisotopic (exact) mass is 322 g/mol. The summed E-state index contributed by atoms with van der Waals surface area (Å²) in [6, 6.07) is 8.37. The molecule has 1 rings (SSSR count). The van der Waals surface area contributed by atoms with Crippen molar-refractivity contribution in [1.82, 2.24) is 10.2 Å². The number of hydrogen-bond acceptors (Lipinski definition) is 3. The molecule has 3 nitrogen and oxygen atoms in total. The van der Waals surface area contributed by atoms with Gasteiger partial charge in [0.15, 0.2) is 0 Å². The number of thioether (sulfide) groups is 1. The lowest BCUT2D eigenvalue weighted by Crippen LogP contribution is -2.28. The van der Waals surface area contributed by atoms with Gasteiger partial charge in [0.25, 0.3) is 0 Å². The molecule has 1 aromatic carbocycles. The summed E-state index contributed by atoms with van der Waals surface area (Å²) in [5, 5.41) is 3.04. The topological polar surface area (TPSA) is 32.3 Å². The maximum absolute atomic E-state index is 12.0. The molecule has 0 aliphatic rings. The van der Waals surface area contributed by atoms with Gasteiger partial charge in [0.05, 0.1) is 5.75 Å². The fourth-order valence-corrected chi connectivity index (χ4v) is 2.77. The van der Waals surface area contributed by atoms with E-state index in [-0.39, 0.29) is 10.7 Å². The molecule has 0 spiro atoms. The third-order valence-corrected chi connectivity index (χ3v) is 4.79. The molecule has 0 aliphatic heterocycles. The van der Waals surface area contributed by atoms with Crippen LogP contribution in [0, 0.1) is 0 Å². The van der Waals surface area contributed by atoms with Crippen molar-refractivity contribution >= 4 is 17.7 Å². The van der Waals surface area contributed by atoms with E-state index in [0.717, 1.165) is 19.6 Å². The number of carbonyl (C=O) groups is 1. The SMILES string of the molecule is CCN(CC)Cc1ccccc1CNC(=O)CSC(C)(C)C. The van der Waals surface area contributed by atoms with E-state index in [4.69, 9.17) is 0 Å². The summed E-state index contributed by atoms with van der Waals surface area (Å²) in [6.07, 6.45) is 0. The molecule has 4 heteroatoms. The first-order chi connectivity index (χ1) is 10.4. The first-order valence-corrected chi connectivity index (χ1v) is 9.04. The van der Waals surface area contributed by atoms with Crippen LogP contribution in [0.5, 0.6) is 0 Å². The molecule has 22 heavy (non-hydrogen) atoms. The maximum atomic E-state index is 12.0. The van der Waals surface area contributed by atoms with Crippen LogP contribution in [0.15, 0.2) is 24.3 Å². The molecule has 0 bridgehead atoms. The molecule has 0 radical (unpaired) electrons. The Morgan fingerprint density at radius 1 is 1.14 bits per heavy atom. The zero-order chi connectivity index (χ0) is 16.6. The lowest BCUT2D eigenvalue weighted by molar-refractivity contribution is -0.118. The van der Waals surface area contributed by atoms with Crippen LogP contribution in [0.4, 0.5) is 0 Å². The summed E-state index contributed by atoms with van der Waals surface area (Å²) in [6.45, 7) is 14.4. The quantitative estimate of drug-likeness (QED) is 0.792. The summed E-state index contributed by atoms with van der Waals surface area (Å²) in [5.74, 6) is 0.624. The minimum atomic E-state index is 0.109. The number of nitrogens with zero attached hydrogens (tertiary/aromatic N) is 1. The molecular formula is C18H30N2OS. The van der Waals surface area contributed by atoms with Crippen molar-refractivity contribution in [3.8, 4) is 0 Å². The number of carbonyl (C=O) groups excluding carboxylic acids is 1. The minimum absolute atomic E-state index is 0.109. The van der Waals surface area contributed by atoms with Gasteiger partial charge in [-0.2, -0.15) is 0 Å². The number of rotatable bonds is 8. The fourth-order valence-electron chi connectivity index (χ4n) is 2.10. The average Bonchev–Trinajstić information content (AvgIpc) is 2.48. The minimum Gasteiger partial charge on any atom is -0.351 e. The molecule has 0 unspecified atom stereocenters. The van der Waals surface area contributed by atoms with Gasteiger partial charge < -0.3 is 5.32 Å². The van der Waals surface area contributed by atoms with E-state index >= 15 is 0 Å². The summed E-state index contributed by atoms with van der Waals surface area (Å²) >= 11 is 1.68. The van der Waals surface area contributed by atoms with Crippen molar-refractivity contribution in [2.24, 2.45) is 0 Å². The van der Waals surface area contributed by atoms with Crippen LogP contribution in [-0.2, 0) is 17.9 Å². The lowest BCUT2D eigenvalue weighted by Gasteiger charge is -2.20. The zero-order valence-corrected chi connectivity index (χ0v) is 15.4. The van der Waals surface area contributed by atoms with Crippen LogP contribution in [0.3, 0.4) is 0 Å². The van der Waals surface area contributed by atoms with Crippen LogP contribution in [0.25, 0.3) is 0 Å². The second-order valence-electron chi connectivity index (χ2n) is 6.41. The number of amides is 1. The Labute approximate surface area is 139 Å². The molecule has 0 saturated heterocycles. The van der Waals surface area contributed by atoms with Gasteiger partial charge in [0.1, 0.15) is 0 Å². The van der Waals surface area contributed by atoms with Gasteiger partial charge in [-0.15, -0.1) is 11.8 Å². The Kier molecular flexibility index (Phi) is 7.97. The fraction of sp³-hybridized carbons (Fsp3) is 0.611. The van der Waals surface area contributed by atoms with Crippen LogP contribution in [0.2, 0.25) is 0 Å². The molecule has 0 saturated carbocycles. The third kappa shape index (κ3) is 7.32. The molecule has 0 heterocycles. The van der Waals surface area contributed by atoms with Gasteiger partial charge in [0.2, 0.25) is 5.91 Å². The van der Waals surface area contributed by atoms with Crippen molar-refractivity contribution in [2.75, 3.05) is 18.8 Å². The van der Waals surface area contributed by atoms with Crippen LogP contribution in [-0.4, -0.2) is 34.4 Å². The molecular weight excluding hydrogens is 292 g/mol. The predicted octanol–water partition coefficient (Wildman–Crippen LogP) is 3.68. The van der Waals surface area contributed by atoms with E-state index in [1.54, 1.807) is 11.8 Å². The Morgan fingerprint density at radius 3 is 2.27 bits per heavy atom. The standard InChI is InChI=1S/C18H30N2OS/c1-6-20(7-2)13-16-11-9-8-10-15(16)12-19-17(21)14-22-18(3,4)5/h8-11H,6-7,12-14H2,1-5H3,(H,19,21). The molecule has 1 aromatic rings. The molecule has 0 fully saturated rings. The van der Waals surface area contributed by atoms with E-state index in [1.807, 2.05) is 6.07 Å². The largest absolute Gasteiger partial charge is 0.351 e. The van der Waals surface area contributed by atoms with E-state index in [0.29, 0.717) is 12.3 Å². The maximum Gasteiger partial charge on any atom is 0.230 e. The number of benzene rings is 1. The second-order valence-corrected chi connectivity index (χ2v) is 8.21. The van der Waals surface area contributed by atoms with E-state index < -0.39 is 0 Å². The number of nitrogens with one attached hydrogen (secondary N) is 1. The van der Waals surface area contributed by atoms with Crippen molar-refractivity contribution in [3.63, 3.8) is 0 Å². The smallest absolute Gasteiger partial charge is 0.230 e. The Bertz CT molecular complexity index is 464. The van der Waals surface area contributed by atoms with Crippen molar-refractivity contribution in [2.45, 2.75) is 52.5 Å². The van der Waals surface area contributed by atoms with Gasteiger partial charge in [-0.25, -0.2) is 0 Å². The molecule has 124 valence electrons. The highest BCUT2D eigenvalue weighted by atomic mass is 32.2. The summed E-state index contributed by atoms with van der Waals surface area (Å²) in [7, 11) is 0. The lowest BCUT2D eigenvalue weighted by atomic mass is 10.1. The highest BCUT2D eigenvalue weighted by molar-refractivity contribution is 8.01. The number of hydrogen-bond donors (Lipinski definition) is 1. The molecule has 0 aromatic heterocycles. The normalized spacial score (nSPS) is 11.7.